The Morgan fingerprint density at radius 2 is 1.51 bits per heavy atom. The lowest BCUT2D eigenvalue weighted by Gasteiger charge is -2.11. The number of aromatic hydroxyl groups is 1. The first-order valence-electron chi connectivity index (χ1n) is 11.6. The van der Waals surface area contributed by atoms with Crippen molar-refractivity contribution in [3.8, 4) is 5.75 Å². The summed E-state index contributed by atoms with van der Waals surface area (Å²) in [5.74, 6) is -1.54. The number of carboxylic acids is 1. The molecule has 0 aliphatic heterocycles. The number of nitrogens with zero attached hydrogens (tertiary/aromatic N) is 3. The fourth-order valence-electron chi connectivity index (χ4n) is 3.41. The van der Waals surface area contributed by atoms with Crippen molar-refractivity contribution in [3.63, 3.8) is 0 Å². The molecule has 41 heavy (non-hydrogen) atoms. The van der Waals surface area contributed by atoms with Gasteiger partial charge in [0.15, 0.2) is 0 Å². The van der Waals surface area contributed by atoms with E-state index in [-0.39, 0.29) is 44.0 Å². The largest absolute Gasteiger partial charge is 0.506 e. The van der Waals surface area contributed by atoms with Crippen molar-refractivity contribution >= 4 is 48.9 Å². The Morgan fingerprint density at radius 3 is 2.22 bits per heavy atom. The van der Waals surface area contributed by atoms with Gasteiger partial charge >= 0.3 is 5.97 Å². The van der Waals surface area contributed by atoms with Crippen molar-refractivity contribution in [1.82, 2.24) is 0 Å². The van der Waals surface area contributed by atoms with Crippen molar-refractivity contribution in [1.29, 1.82) is 0 Å². The third kappa shape index (κ3) is 7.30. The molecule has 6 N–H and O–H groups in total. The van der Waals surface area contributed by atoms with Gasteiger partial charge in [-0.05, 0) is 48.5 Å². The summed E-state index contributed by atoms with van der Waals surface area (Å²) in [7, 11) is -8.31. The van der Waals surface area contributed by atoms with Gasteiger partial charge in [0.25, 0.3) is 10.0 Å². The number of phenolic OH excluding ortho intramolecular Hbond substituents is 1. The lowest BCUT2D eigenvalue weighted by Crippen LogP contribution is -2.15. The number of carboxylic acid groups (broad SMARTS) is 1. The summed E-state index contributed by atoms with van der Waals surface area (Å²) in [6.45, 7) is 0. The molecule has 4 rings (SSSR count). The number of phenols is 1. The number of hydrazone groups is 1. The molecule has 210 valence electrons. The van der Waals surface area contributed by atoms with Gasteiger partial charge in [-0.25, -0.2) is 26.8 Å². The summed E-state index contributed by atoms with van der Waals surface area (Å²) in [4.78, 5) is 10.9. The minimum Gasteiger partial charge on any atom is -0.506 e. The monoisotopic (exact) mass is 594 g/mol. The van der Waals surface area contributed by atoms with Gasteiger partial charge in [-0.15, -0.1) is 10.2 Å². The van der Waals surface area contributed by atoms with Gasteiger partial charge in [0, 0.05) is 5.56 Å². The molecule has 0 aromatic heterocycles. The number of primary sulfonamides is 1. The van der Waals surface area contributed by atoms with Gasteiger partial charge in [-0.1, -0.05) is 48.5 Å². The van der Waals surface area contributed by atoms with Gasteiger partial charge in [-0.2, -0.15) is 5.10 Å². The van der Waals surface area contributed by atoms with Crippen LogP contribution < -0.4 is 15.3 Å². The molecule has 0 amide bonds. The average molecular weight is 595 g/mol. The van der Waals surface area contributed by atoms with Crippen molar-refractivity contribution in [2.45, 2.75) is 9.79 Å². The van der Waals surface area contributed by atoms with E-state index in [0.717, 1.165) is 24.3 Å². The molecule has 0 saturated heterocycles. The number of azo groups is 1. The van der Waals surface area contributed by atoms with E-state index in [1.165, 1.54) is 30.3 Å². The maximum Gasteiger partial charge on any atom is 0.337 e. The first-order chi connectivity index (χ1) is 19.4. The van der Waals surface area contributed by atoms with E-state index in [4.69, 9.17) is 5.14 Å². The smallest absolute Gasteiger partial charge is 0.337 e. The van der Waals surface area contributed by atoms with Crippen LogP contribution in [0, 0.1) is 0 Å². The maximum absolute atomic E-state index is 13.0. The topological polar surface area (TPSA) is 213 Å². The van der Waals surface area contributed by atoms with Crippen LogP contribution in [0.3, 0.4) is 0 Å². The van der Waals surface area contributed by atoms with E-state index in [1.807, 2.05) is 0 Å². The molecular formula is C26H22N6O7S2. The van der Waals surface area contributed by atoms with Crippen LogP contribution >= 0.6 is 0 Å². The van der Waals surface area contributed by atoms with Crippen LogP contribution in [0.1, 0.15) is 15.9 Å². The second kappa shape index (κ2) is 12.0. The highest BCUT2D eigenvalue weighted by atomic mass is 32.2. The van der Waals surface area contributed by atoms with Gasteiger partial charge in [0.1, 0.15) is 11.4 Å². The molecule has 0 unspecified atom stereocenters. The molecule has 0 radical (unpaired) electrons. The molecule has 4 aromatic rings. The van der Waals surface area contributed by atoms with E-state index in [0.29, 0.717) is 5.56 Å². The zero-order valence-electron chi connectivity index (χ0n) is 20.9. The number of carbonyl (C=O) groups is 1. The molecule has 15 heteroatoms. The number of benzene rings is 4. The third-order valence-corrected chi connectivity index (χ3v) is 7.68. The molecule has 4 aromatic carbocycles. The van der Waals surface area contributed by atoms with Gasteiger partial charge < -0.3 is 10.2 Å². The summed E-state index contributed by atoms with van der Waals surface area (Å²) in [6, 6.07) is 22.8. The van der Waals surface area contributed by atoms with Gasteiger partial charge in [0.2, 0.25) is 15.9 Å². The molecule has 0 spiro atoms. The summed E-state index contributed by atoms with van der Waals surface area (Å²) in [5.41, 5.74) is 2.90. The van der Waals surface area contributed by atoms with Crippen LogP contribution in [0.15, 0.2) is 122 Å². The second-order valence-electron chi connectivity index (χ2n) is 8.29. The van der Waals surface area contributed by atoms with E-state index in [9.17, 15) is 31.8 Å². The van der Waals surface area contributed by atoms with Crippen molar-refractivity contribution < 1.29 is 31.8 Å². The zero-order valence-corrected chi connectivity index (χ0v) is 22.5. The molecule has 0 aliphatic carbocycles. The maximum atomic E-state index is 13.0. The van der Waals surface area contributed by atoms with Crippen molar-refractivity contribution in [2.75, 3.05) is 10.1 Å². The molecule has 0 saturated carbocycles. The Labute approximate surface area is 234 Å². The predicted octanol–water partition coefficient (Wildman–Crippen LogP) is 4.10. The Hall–Kier alpha value is -5.12. The lowest BCUT2D eigenvalue weighted by molar-refractivity contribution is 0.0697. The third-order valence-electron chi connectivity index (χ3n) is 5.39. The highest BCUT2D eigenvalue weighted by Crippen LogP contribution is 2.28. The van der Waals surface area contributed by atoms with Gasteiger partial charge in [-0.3, -0.25) is 10.1 Å². The minimum absolute atomic E-state index is 0.00335. The summed E-state index contributed by atoms with van der Waals surface area (Å²) in [5, 5.41) is 37.2. The number of hydrogen-bond acceptors (Lipinski definition) is 9. The first-order valence-corrected chi connectivity index (χ1v) is 14.6. The summed E-state index contributed by atoms with van der Waals surface area (Å²) < 4.78 is 51.5. The number of anilines is 2. The van der Waals surface area contributed by atoms with E-state index in [2.05, 4.69) is 25.5 Å². The van der Waals surface area contributed by atoms with Crippen LogP contribution in [0.25, 0.3) is 0 Å². The predicted molar refractivity (Wildman–Crippen MR) is 151 cm³/mol. The zero-order chi connectivity index (χ0) is 29.6. The van der Waals surface area contributed by atoms with E-state index >= 15 is 0 Å². The van der Waals surface area contributed by atoms with Crippen molar-refractivity contribution in [2.24, 2.45) is 20.5 Å². The number of nitrogens with one attached hydrogen (secondary N) is 2. The minimum atomic E-state index is -4.25. The Morgan fingerprint density at radius 1 is 0.805 bits per heavy atom. The second-order valence-corrected chi connectivity index (χ2v) is 11.5. The fourth-order valence-corrected chi connectivity index (χ4v) is 5.05. The fraction of sp³-hybridized carbons (Fsp3) is 0. The van der Waals surface area contributed by atoms with E-state index < -0.39 is 26.0 Å². The Kier molecular flexibility index (Phi) is 8.42. The van der Waals surface area contributed by atoms with Crippen LogP contribution in [0.5, 0.6) is 5.75 Å². The Balaban J connectivity index is 1.66. The highest BCUT2D eigenvalue weighted by Gasteiger charge is 2.18. The molecule has 13 nitrogen and oxygen atoms in total. The first kappa shape index (κ1) is 28.9. The van der Waals surface area contributed by atoms with Crippen molar-refractivity contribution in [3.05, 3.63) is 108 Å². The molecular weight excluding hydrogens is 572 g/mol. The number of nitrogens with two attached hydrogens (primary N) is 1. The highest BCUT2D eigenvalue weighted by molar-refractivity contribution is 7.92. The van der Waals surface area contributed by atoms with Crippen LogP contribution in [-0.4, -0.2) is 38.9 Å². The number of rotatable bonds is 9. The Bertz CT molecular complexity index is 1880. The lowest BCUT2D eigenvalue weighted by atomic mass is 10.2. The SMILES string of the molecule is NS(=O)(=O)c1cccc(NS(=O)(=O)c2ccc(O)c(NN=C(N=Nc3ccccc3C(=O)O)c3ccccc3)c2)c1. The van der Waals surface area contributed by atoms with E-state index in [1.54, 1.807) is 42.5 Å². The standard InChI is InChI=1S/C26H22N6O7S2/c27-40(36,37)19-10-6-9-18(15-19)32-41(38,39)20-13-14-24(33)23(16-20)29-31-25(17-7-2-1-3-8-17)30-28-22-12-5-4-11-21(22)26(34)35/h1-16,29,32-33H,(H,34,35)(H2,27,36,37). The van der Waals surface area contributed by atoms with Gasteiger partial charge in [0.05, 0.1) is 26.7 Å². The number of sulfonamides is 2. The van der Waals surface area contributed by atoms with Crippen LogP contribution in [-0.2, 0) is 20.0 Å². The van der Waals surface area contributed by atoms with Crippen LogP contribution in [0.2, 0.25) is 0 Å². The molecule has 0 aliphatic rings. The molecule has 0 heterocycles. The number of aromatic carboxylic acids is 1. The summed E-state index contributed by atoms with van der Waals surface area (Å²) in [6.07, 6.45) is 0. The molecule has 0 bridgehead atoms. The average Bonchev–Trinajstić information content (AvgIpc) is 2.94. The molecule has 0 fully saturated rings. The summed E-state index contributed by atoms with van der Waals surface area (Å²) >= 11 is 0. The molecule has 0 atom stereocenters. The quantitative estimate of drug-likeness (QED) is 0.0624. The van der Waals surface area contributed by atoms with Crippen LogP contribution in [0.4, 0.5) is 17.1 Å². The number of hydrogen-bond donors (Lipinski definition) is 5. The number of amidine groups is 1. The normalized spacial score (nSPS) is 12.3.